The van der Waals surface area contributed by atoms with Gasteiger partial charge in [0.15, 0.2) is 5.78 Å². The van der Waals surface area contributed by atoms with E-state index in [2.05, 4.69) is 12.6 Å². The van der Waals surface area contributed by atoms with Crippen molar-refractivity contribution in [3.63, 3.8) is 0 Å². The van der Waals surface area contributed by atoms with E-state index in [1.807, 2.05) is 0 Å². The average Bonchev–Trinajstić information content (AvgIpc) is 3.18. The van der Waals surface area contributed by atoms with Gasteiger partial charge in [-0.2, -0.15) is 0 Å². The monoisotopic (exact) mass is 414 g/mol. The molecule has 0 spiro atoms. The maximum Gasteiger partial charge on any atom is 0.410 e. The number of thiol groups is 1. The number of hydrogen-bond acceptors (Lipinski definition) is 6. The molecule has 0 saturated carbocycles. The Balaban J connectivity index is 1.65. The number of nitrogens with zero attached hydrogens (tertiary/aromatic N) is 2. The minimum absolute atomic E-state index is 0.0593. The Morgan fingerprint density at radius 3 is 2.34 bits per heavy atom. The molecule has 29 heavy (non-hydrogen) atoms. The Hall–Kier alpha value is -3.20. The van der Waals surface area contributed by atoms with Gasteiger partial charge in [-0.25, -0.2) is 4.79 Å². The molecule has 1 fully saturated rings. The van der Waals surface area contributed by atoms with Gasteiger partial charge in [0.05, 0.1) is 4.92 Å². The summed E-state index contributed by atoms with van der Waals surface area (Å²) in [4.78, 5) is 48.5. The van der Waals surface area contributed by atoms with Crippen molar-refractivity contribution in [2.45, 2.75) is 19.1 Å². The molecule has 2 aromatic rings. The van der Waals surface area contributed by atoms with Gasteiger partial charge in [0.25, 0.3) is 5.69 Å². The molecule has 2 atom stereocenters. The van der Waals surface area contributed by atoms with E-state index in [4.69, 9.17) is 4.74 Å². The highest BCUT2D eigenvalue weighted by molar-refractivity contribution is 7.96. The number of ketones is 1. The summed E-state index contributed by atoms with van der Waals surface area (Å²) in [7, 11) is 0. The van der Waals surface area contributed by atoms with Crippen molar-refractivity contribution >= 4 is 35.3 Å². The van der Waals surface area contributed by atoms with Crippen molar-refractivity contribution in [1.29, 1.82) is 0 Å². The lowest BCUT2D eigenvalue weighted by Crippen LogP contribution is -2.39. The number of amides is 1. The fourth-order valence-corrected chi connectivity index (χ4v) is 3.49. The van der Waals surface area contributed by atoms with Crippen molar-refractivity contribution < 1.29 is 24.0 Å². The lowest BCUT2D eigenvalue weighted by atomic mass is 9.95. The predicted octanol–water partition coefficient (Wildman–Crippen LogP) is 3.26. The van der Waals surface area contributed by atoms with Crippen LogP contribution in [0.4, 0.5) is 10.5 Å². The molecule has 1 heterocycles. The summed E-state index contributed by atoms with van der Waals surface area (Å²) in [5, 5.41) is 10.2. The molecular weight excluding hydrogens is 396 g/mol. The summed E-state index contributed by atoms with van der Waals surface area (Å²) in [6.45, 7) is -0.0537. The van der Waals surface area contributed by atoms with E-state index in [1.54, 1.807) is 30.3 Å². The second-order valence-corrected chi connectivity index (χ2v) is 7.09. The Bertz CT molecular complexity index is 932. The van der Waals surface area contributed by atoms with E-state index < -0.39 is 28.1 Å². The van der Waals surface area contributed by atoms with Crippen molar-refractivity contribution in [1.82, 2.24) is 4.90 Å². The van der Waals surface area contributed by atoms with Crippen molar-refractivity contribution in [3.05, 3.63) is 75.8 Å². The number of nitro groups is 1. The van der Waals surface area contributed by atoms with Gasteiger partial charge < -0.3 is 4.74 Å². The second-order valence-electron chi connectivity index (χ2n) is 6.65. The van der Waals surface area contributed by atoms with E-state index >= 15 is 0 Å². The van der Waals surface area contributed by atoms with Crippen LogP contribution in [0.3, 0.4) is 0 Å². The Morgan fingerprint density at radius 2 is 1.76 bits per heavy atom. The average molecular weight is 414 g/mol. The van der Waals surface area contributed by atoms with Crippen molar-refractivity contribution in [3.8, 4) is 0 Å². The van der Waals surface area contributed by atoms with Gasteiger partial charge in [-0.05, 0) is 24.1 Å². The molecule has 9 heteroatoms. The van der Waals surface area contributed by atoms with Gasteiger partial charge in [0, 0.05) is 30.2 Å². The molecule has 0 aliphatic carbocycles. The topological polar surface area (TPSA) is 107 Å². The van der Waals surface area contributed by atoms with Gasteiger partial charge in [0.1, 0.15) is 12.6 Å². The molecule has 1 aliphatic heterocycles. The molecule has 0 unspecified atom stereocenters. The molecule has 150 valence electrons. The minimum Gasteiger partial charge on any atom is -0.445 e. The van der Waals surface area contributed by atoms with Gasteiger partial charge >= 0.3 is 6.09 Å². The maximum absolute atomic E-state index is 12.7. The number of non-ortho nitro benzene ring substituents is 1. The third-order valence-electron chi connectivity index (χ3n) is 4.76. The highest BCUT2D eigenvalue weighted by Gasteiger charge is 2.42. The quantitative estimate of drug-likeness (QED) is 0.337. The van der Waals surface area contributed by atoms with Gasteiger partial charge in [-0.15, -0.1) is 12.6 Å². The zero-order chi connectivity index (χ0) is 21.0. The van der Waals surface area contributed by atoms with E-state index in [-0.39, 0.29) is 31.0 Å². The number of hydrogen-bond donors (Lipinski definition) is 1. The van der Waals surface area contributed by atoms with Gasteiger partial charge in [-0.1, -0.05) is 30.3 Å². The fourth-order valence-electron chi connectivity index (χ4n) is 3.24. The van der Waals surface area contributed by atoms with Crippen LogP contribution in [0.2, 0.25) is 0 Å². The standard InChI is InChI=1S/C20H18N2O6S/c23-18(14-4-2-1-3-5-14)15-10-17(19(24)29)21(11-15)20(25)28-12-13-6-8-16(9-7-13)22(26)27/h1-9,15,17H,10-12H2,(H,24,29)/t15-,17-/m0/s1. The Labute approximate surface area is 172 Å². The summed E-state index contributed by atoms with van der Waals surface area (Å²) < 4.78 is 5.25. The highest BCUT2D eigenvalue weighted by Crippen LogP contribution is 2.28. The number of nitro benzene ring substituents is 1. The van der Waals surface area contributed by atoms with Crippen LogP contribution in [0, 0.1) is 16.0 Å². The van der Waals surface area contributed by atoms with Crippen LogP contribution in [0.5, 0.6) is 0 Å². The first-order valence-corrected chi connectivity index (χ1v) is 9.30. The van der Waals surface area contributed by atoms with E-state index in [1.165, 1.54) is 29.2 Å². The summed E-state index contributed by atoms with van der Waals surface area (Å²) in [6, 6.07) is 13.4. The fraction of sp³-hybridized carbons (Fsp3) is 0.250. The lowest BCUT2D eigenvalue weighted by molar-refractivity contribution is -0.384. The molecule has 2 aromatic carbocycles. The van der Waals surface area contributed by atoms with Gasteiger partial charge in [0.2, 0.25) is 5.12 Å². The first-order chi connectivity index (χ1) is 13.9. The Morgan fingerprint density at radius 1 is 1.10 bits per heavy atom. The number of Topliss-reactive ketones (excluding diaryl/α,β-unsaturated/α-hetero) is 1. The number of rotatable bonds is 6. The number of carbonyl (C=O) groups excluding carboxylic acids is 3. The third kappa shape index (κ3) is 4.80. The smallest absolute Gasteiger partial charge is 0.410 e. The summed E-state index contributed by atoms with van der Waals surface area (Å²) in [5.74, 6) is -0.665. The number of carbonyl (C=O) groups is 3. The van der Waals surface area contributed by atoms with Crippen LogP contribution in [-0.4, -0.2) is 39.4 Å². The second kappa shape index (κ2) is 8.87. The maximum atomic E-state index is 12.7. The SMILES string of the molecule is O=C(c1ccccc1)[C@H]1C[C@@H](C(=O)S)N(C(=O)OCc2ccc([N+](=O)[O-])cc2)C1. The molecule has 0 radical (unpaired) electrons. The summed E-state index contributed by atoms with van der Waals surface area (Å²) in [5.41, 5.74) is 1.01. The van der Waals surface area contributed by atoms with Crippen LogP contribution in [-0.2, 0) is 16.1 Å². The van der Waals surface area contributed by atoms with Crippen LogP contribution >= 0.6 is 12.6 Å². The molecule has 0 N–H and O–H groups in total. The highest BCUT2D eigenvalue weighted by atomic mass is 32.1. The molecule has 8 nitrogen and oxygen atoms in total. The molecule has 3 rings (SSSR count). The van der Waals surface area contributed by atoms with E-state index in [0.29, 0.717) is 11.1 Å². The normalized spacial score (nSPS) is 18.3. The molecule has 1 aliphatic rings. The van der Waals surface area contributed by atoms with Gasteiger partial charge in [-0.3, -0.25) is 24.6 Å². The van der Waals surface area contributed by atoms with Crippen molar-refractivity contribution in [2.24, 2.45) is 5.92 Å². The van der Waals surface area contributed by atoms with Crippen LogP contribution < -0.4 is 0 Å². The van der Waals surface area contributed by atoms with Crippen molar-refractivity contribution in [2.75, 3.05) is 6.54 Å². The largest absolute Gasteiger partial charge is 0.445 e. The zero-order valence-corrected chi connectivity index (χ0v) is 16.2. The first-order valence-electron chi connectivity index (χ1n) is 8.85. The molecule has 0 aromatic heterocycles. The molecular formula is C20H18N2O6S. The minimum atomic E-state index is -0.847. The van der Waals surface area contributed by atoms with E-state index in [9.17, 15) is 24.5 Å². The zero-order valence-electron chi connectivity index (χ0n) is 15.3. The number of likely N-dealkylation sites (tertiary alicyclic amines) is 1. The van der Waals surface area contributed by atoms with E-state index in [0.717, 1.165) is 0 Å². The number of ether oxygens (including phenoxy) is 1. The predicted molar refractivity (Wildman–Crippen MR) is 107 cm³/mol. The summed E-state index contributed by atoms with van der Waals surface area (Å²) >= 11 is 3.85. The third-order valence-corrected chi connectivity index (χ3v) is 5.06. The molecule has 1 saturated heterocycles. The lowest BCUT2D eigenvalue weighted by Gasteiger charge is -2.21. The molecule has 1 amide bonds. The van der Waals surface area contributed by atoms with Crippen LogP contribution in [0.25, 0.3) is 0 Å². The summed E-state index contributed by atoms with van der Waals surface area (Å²) in [6.07, 6.45) is -0.554. The Kier molecular flexibility index (Phi) is 6.28. The number of benzene rings is 2. The van der Waals surface area contributed by atoms with Crippen LogP contribution in [0.15, 0.2) is 54.6 Å². The molecule has 0 bridgehead atoms. The first kappa shape index (κ1) is 20.5. The van der Waals surface area contributed by atoms with Crippen LogP contribution in [0.1, 0.15) is 22.3 Å².